The first-order chi connectivity index (χ1) is 10.0. The third kappa shape index (κ3) is 4.61. The first-order valence-corrected chi connectivity index (χ1v) is 6.84. The topological polar surface area (TPSA) is 93.2 Å². The van der Waals surface area contributed by atoms with Crippen LogP contribution in [0.5, 0.6) is 5.75 Å². The number of hydrogen-bond donors (Lipinski definition) is 3. The van der Waals surface area contributed by atoms with E-state index >= 15 is 0 Å². The molecule has 0 aliphatic carbocycles. The lowest BCUT2D eigenvalue weighted by Crippen LogP contribution is -2.42. The van der Waals surface area contributed by atoms with Gasteiger partial charge in [0.05, 0.1) is 11.7 Å². The maximum atomic E-state index is 11.9. The van der Waals surface area contributed by atoms with Gasteiger partial charge in [0.25, 0.3) is 0 Å². The molecular weight excluding hydrogens is 268 g/mol. The van der Waals surface area contributed by atoms with Crippen molar-refractivity contribution in [3.8, 4) is 5.75 Å². The second kappa shape index (κ2) is 6.90. The molecule has 0 unspecified atom stereocenters. The molecule has 0 saturated carbocycles. The molecule has 0 radical (unpaired) electrons. The molecule has 21 heavy (non-hydrogen) atoms. The van der Waals surface area contributed by atoms with Crippen molar-refractivity contribution in [3.05, 3.63) is 47.8 Å². The van der Waals surface area contributed by atoms with Gasteiger partial charge in [-0.25, -0.2) is 0 Å². The van der Waals surface area contributed by atoms with E-state index in [2.05, 4.69) is 10.4 Å². The summed E-state index contributed by atoms with van der Waals surface area (Å²) in [5.41, 5.74) is 7.73. The Hall–Kier alpha value is -2.34. The van der Waals surface area contributed by atoms with Crippen LogP contribution in [0, 0.1) is 0 Å². The van der Waals surface area contributed by atoms with Crippen LogP contribution < -0.4 is 11.1 Å². The summed E-state index contributed by atoms with van der Waals surface area (Å²) in [5.74, 6) is 0.0196. The number of aromatic hydroxyl groups is 1. The zero-order chi connectivity index (χ0) is 15.2. The quantitative estimate of drug-likeness (QED) is 0.715. The molecule has 1 atom stereocenters. The van der Waals surface area contributed by atoms with Crippen molar-refractivity contribution in [2.45, 2.75) is 18.9 Å². The second-order valence-corrected chi connectivity index (χ2v) is 5.00. The van der Waals surface area contributed by atoms with E-state index < -0.39 is 6.04 Å². The van der Waals surface area contributed by atoms with Gasteiger partial charge in [-0.15, -0.1) is 0 Å². The van der Waals surface area contributed by atoms with Crippen LogP contribution >= 0.6 is 0 Å². The van der Waals surface area contributed by atoms with Crippen LogP contribution in [0.25, 0.3) is 0 Å². The van der Waals surface area contributed by atoms with Gasteiger partial charge in [0, 0.05) is 26.2 Å². The molecule has 1 amide bonds. The van der Waals surface area contributed by atoms with E-state index in [1.165, 1.54) is 0 Å². The normalized spacial score (nSPS) is 12.1. The Morgan fingerprint density at radius 2 is 2.10 bits per heavy atom. The first kappa shape index (κ1) is 15.1. The van der Waals surface area contributed by atoms with E-state index in [0.29, 0.717) is 19.4 Å². The minimum absolute atomic E-state index is 0.181. The van der Waals surface area contributed by atoms with Crippen LogP contribution in [0.1, 0.15) is 11.3 Å². The Kier molecular flexibility index (Phi) is 4.94. The van der Waals surface area contributed by atoms with E-state index in [-0.39, 0.29) is 11.7 Å². The van der Waals surface area contributed by atoms with Crippen LogP contribution in [0.15, 0.2) is 36.5 Å². The monoisotopic (exact) mass is 288 g/mol. The number of carbonyl (C=O) groups is 1. The highest BCUT2D eigenvalue weighted by molar-refractivity contribution is 5.81. The molecule has 0 bridgehead atoms. The van der Waals surface area contributed by atoms with Crippen molar-refractivity contribution in [2.24, 2.45) is 12.8 Å². The van der Waals surface area contributed by atoms with Crippen molar-refractivity contribution in [1.82, 2.24) is 15.1 Å². The maximum absolute atomic E-state index is 11.9. The van der Waals surface area contributed by atoms with E-state index in [9.17, 15) is 9.90 Å². The fraction of sp³-hybridized carbons (Fsp3) is 0.333. The molecule has 2 rings (SSSR count). The molecule has 2 aromatic rings. The lowest BCUT2D eigenvalue weighted by atomic mass is 10.1. The summed E-state index contributed by atoms with van der Waals surface area (Å²) in [6.07, 6.45) is 2.99. The van der Waals surface area contributed by atoms with Crippen molar-refractivity contribution >= 4 is 5.91 Å². The third-order valence-electron chi connectivity index (χ3n) is 3.18. The van der Waals surface area contributed by atoms with Gasteiger partial charge < -0.3 is 16.2 Å². The van der Waals surface area contributed by atoms with Crippen molar-refractivity contribution in [3.63, 3.8) is 0 Å². The molecule has 0 fully saturated rings. The number of carbonyl (C=O) groups excluding carboxylic acids is 1. The zero-order valence-corrected chi connectivity index (χ0v) is 12.0. The van der Waals surface area contributed by atoms with Gasteiger partial charge >= 0.3 is 0 Å². The zero-order valence-electron chi connectivity index (χ0n) is 12.0. The second-order valence-electron chi connectivity index (χ2n) is 5.00. The van der Waals surface area contributed by atoms with Gasteiger partial charge in [0.2, 0.25) is 5.91 Å². The molecule has 1 aromatic heterocycles. The standard InChI is InChI=1S/C15H20N4O2/c1-19-9-7-12(18-19)6-8-17-15(21)14(16)10-11-2-4-13(20)5-3-11/h2-5,7,9,14,20H,6,8,10,16H2,1H3,(H,17,21)/t14-/m1/s1. The number of phenolic OH excluding ortho intramolecular Hbond substituents is 1. The van der Waals surface area contributed by atoms with Crippen LogP contribution in [0.2, 0.25) is 0 Å². The van der Waals surface area contributed by atoms with E-state index in [0.717, 1.165) is 11.3 Å². The molecule has 1 heterocycles. The fourth-order valence-electron chi connectivity index (χ4n) is 2.02. The summed E-state index contributed by atoms with van der Waals surface area (Å²) >= 11 is 0. The SMILES string of the molecule is Cn1ccc(CCNC(=O)[C@H](N)Cc2ccc(O)cc2)n1. The van der Waals surface area contributed by atoms with Crippen molar-refractivity contribution in [1.29, 1.82) is 0 Å². The number of aryl methyl sites for hydroxylation is 1. The smallest absolute Gasteiger partial charge is 0.237 e. The summed E-state index contributed by atoms with van der Waals surface area (Å²) in [7, 11) is 1.86. The third-order valence-corrected chi connectivity index (χ3v) is 3.18. The minimum atomic E-state index is -0.599. The molecule has 0 aliphatic heterocycles. The lowest BCUT2D eigenvalue weighted by Gasteiger charge is -2.12. The summed E-state index contributed by atoms with van der Waals surface area (Å²) in [6.45, 7) is 0.513. The molecule has 0 aliphatic rings. The van der Waals surface area contributed by atoms with E-state index in [1.54, 1.807) is 28.9 Å². The summed E-state index contributed by atoms with van der Waals surface area (Å²) in [5, 5.41) is 16.3. The predicted molar refractivity (Wildman–Crippen MR) is 79.7 cm³/mol. The number of nitrogens with zero attached hydrogens (tertiary/aromatic N) is 2. The van der Waals surface area contributed by atoms with Gasteiger partial charge in [-0.2, -0.15) is 5.10 Å². The van der Waals surface area contributed by atoms with Crippen molar-refractivity contribution < 1.29 is 9.90 Å². The lowest BCUT2D eigenvalue weighted by molar-refractivity contribution is -0.122. The average molecular weight is 288 g/mol. The molecule has 0 spiro atoms. The number of amides is 1. The van der Waals surface area contributed by atoms with Crippen LogP contribution in [-0.4, -0.2) is 33.4 Å². The molecule has 6 heteroatoms. The van der Waals surface area contributed by atoms with Crippen molar-refractivity contribution in [2.75, 3.05) is 6.54 Å². The van der Waals surface area contributed by atoms with Crippen LogP contribution in [-0.2, 0) is 24.7 Å². The minimum Gasteiger partial charge on any atom is -0.508 e. The molecule has 112 valence electrons. The van der Waals surface area contributed by atoms with Gasteiger partial charge in [0.1, 0.15) is 5.75 Å². The molecule has 6 nitrogen and oxygen atoms in total. The van der Waals surface area contributed by atoms with Gasteiger partial charge in [-0.1, -0.05) is 12.1 Å². The average Bonchev–Trinajstić information content (AvgIpc) is 2.87. The Balaban J connectivity index is 1.75. The summed E-state index contributed by atoms with van der Waals surface area (Å²) in [4.78, 5) is 11.9. The van der Waals surface area contributed by atoms with Gasteiger partial charge in [0.15, 0.2) is 0 Å². The number of benzene rings is 1. The number of hydrogen-bond acceptors (Lipinski definition) is 4. The van der Waals surface area contributed by atoms with Crippen LogP contribution in [0.3, 0.4) is 0 Å². The predicted octanol–water partition coefficient (Wildman–Crippen LogP) is 0.354. The number of aromatic nitrogens is 2. The van der Waals surface area contributed by atoms with E-state index in [1.807, 2.05) is 19.3 Å². The highest BCUT2D eigenvalue weighted by Crippen LogP contribution is 2.10. The largest absolute Gasteiger partial charge is 0.508 e. The fourth-order valence-corrected chi connectivity index (χ4v) is 2.02. The summed E-state index contributed by atoms with van der Waals surface area (Å²) in [6, 6.07) is 8.01. The number of rotatable bonds is 6. The van der Waals surface area contributed by atoms with Crippen LogP contribution in [0.4, 0.5) is 0 Å². The molecule has 1 aromatic carbocycles. The first-order valence-electron chi connectivity index (χ1n) is 6.84. The summed E-state index contributed by atoms with van der Waals surface area (Å²) < 4.78 is 1.73. The maximum Gasteiger partial charge on any atom is 0.237 e. The number of nitrogens with one attached hydrogen (secondary N) is 1. The molecular formula is C15H20N4O2. The molecule has 0 saturated heterocycles. The highest BCUT2D eigenvalue weighted by Gasteiger charge is 2.13. The highest BCUT2D eigenvalue weighted by atomic mass is 16.3. The molecule has 4 N–H and O–H groups in total. The Labute approximate surface area is 123 Å². The van der Waals surface area contributed by atoms with Gasteiger partial charge in [-0.3, -0.25) is 9.48 Å². The number of phenols is 1. The Morgan fingerprint density at radius 1 is 1.38 bits per heavy atom. The number of nitrogens with two attached hydrogens (primary N) is 1. The Morgan fingerprint density at radius 3 is 2.71 bits per heavy atom. The van der Waals surface area contributed by atoms with Gasteiger partial charge in [-0.05, 0) is 30.2 Å². The Bertz CT molecular complexity index is 592. The van der Waals surface area contributed by atoms with E-state index in [4.69, 9.17) is 5.73 Å².